The molecule has 1 atom stereocenters. The van der Waals surface area contributed by atoms with Crippen molar-refractivity contribution in [2.75, 3.05) is 0 Å². The molecule has 0 saturated heterocycles. The second kappa shape index (κ2) is 4.95. The van der Waals surface area contributed by atoms with Gasteiger partial charge in [0.15, 0.2) is 5.78 Å². The van der Waals surface area contributed by atoms with Crippen LogP contribution in [0.2, 0.25) is 0 Å². The minimum absolute atomic E-state index is 0.0579. The maximum Gasteiger partial charge on any atom is 0.304 e. The molecule has 0 saturated carbocycles. The molecule has 2 rings (SSSR count). The van der Waals surface area contributed by atoms with Crippen molar-refractivity contribution in [1.82, 2.24) is 0 Å². The van der Waals surface area contributed by atoms with E-state index in [-0.39, 0.29) is 18.1 Å². The molecule has 0 bridgehead atoms. The Bertz CT molecular complexity index is 460. The van der Waals surface area contributed by atoms with Crippen molar-refractivity contribution >= 4 is 17.3 Å². The zero-order chi connectivity index (χ0) is 12.3. The molecule has 1 N–H and O–H groups in total. The van der Waals surface area contributed by atoms with Gasteiger partial charge in [0.25, 0.3) is 0 Å². The number of ketones is 1. The van der Waals surface area contributed by atoms with Crippen molar-refractivity contribution in [3.63, 3.8) is 0 Å². The Morgan fingerprint density at radius 1 is 1.29 bits per heavy atom. The summed E-state index contributed by atoms with van der Waals surface area (Å²) in [6.45, 7) is 0. The van der Waals surface area contributed by atoms with Crippen molar-refractivity contribution in [3.8, 4) is 0 Å². The van der Waals surface area contributed by atoms with Crippen LogP contribution in [0.25, 0.3) is 5.57 Å². The summed E-state index contributed by atoms with van der Waals surface area (Å²) in [5.41, 5.74) is 2.06. The van der Waals surface area contributed by atoms with Gasteiger partial charge in [-0.25, -0.2) is 0 Å². The summed E-state index contributed by atoms with van der Waals surface area (Å²) in [7, 11) is 0. The molecule has 0 aliphatic heterocycles. The van der Waals surface area contributed by atoms with Crippen molar-refractivity contribution < 1.29 is 14.7 Å². The number of rotatable bonds is 3. The van der Waals surface area contributed by atoms with Gasteiger partial charge in [-0.2, -0.15) is 0 Å². The van der Waals surface area contributed by atoms with E-state index in [4.69, 9.17) is 5.11 Å². The van der Waals surface area contributed by atoms with Gasteiger partial charge in [0, 0.05) is 5.92 Å². The molecule has 17 heavy (non-hydrogen) atoms. The van der Waals surface area contributed by atoms with Gasteiger partial charge in [-0.05, 0) is 30.1 Å². The lowest BCUT2D eigenvalue weighted by Crippen LogP contribution is -2.20. The van der Waals surface area contributed by atoms with Crippen molar-refractivity contribution in [2.45, 2.75) is 19.3 Å². The zero-order valence-electron chi connectivity index (χ0n) is 9.43. The Balaban J connectivity index is 2.15. The second-order valence-electron chi connectivity index (χ2n) is 4.27. The average Bonchev–Trinajstić information content (AvgIpc) is 2.32. The molecule has 1 aliphatic rings. The first-order valence-corrected chi connectivity index (χ1v) is 5.68. The molecule has 0 aromatic heterocycles. The maximum absolute atomic E-state index is 11.8. The van der Waals surface area contributed by atoms with Crippen LogP contribution < -0.4 is 0 Å². The molecule has 0 amide bonds. The van der Waals surface area contributed by atoms with Crippen LogP contribution in [0.1, 0.15) is 24.8 Å². The fourth-order valence-corrected chi connectivity index (χ4v) is 2.13. The average molecular weight is 230 g/mol. The monoisotopic (exact) mass is 230 g/mol. The molecule has 0 radical (unpaired) electrons. The van der Waals surface area contributed by atoms with Gasteiger partial charge < -0.3 is 5.11 Å². The Hall–Kier alpha value is -1.90. The number of carbonyl (C=O) groups excluding carboxylic acids is 1. The standard InChI is InChI=1S/C14H14O3/c15-13-8-11(10-4-2-1-3-5-10)6-7-12(13)9-14(16)17/h1-5,8,12H,6-7,9H2,(H,16,17)/t12-/m0/s1. The quantitative estimate of drug-likeness (QED) is 0.868. The van der Waals surface area contributed by atoms with Crippen LogP contribution in [0.3, 0.4) is 0 Å². The fourth-order valence-electron chi connectivity index (χ4n) is 2.13. The number of carboxylic acid groups (broad SMARTS) is 1. The topological polar surface area (TPSA) is 54.4 Å². The lowest BCUT2D eigenvalue weighted by Gasteiger charge is -2.19. The number of carbonyl (C=O) groups is 2. The van der Waals surface area contributed by atoms with Crippen LogP contribution in [0, 0.1) is 5.92 Å². The third-order valence-electron chi connectivity index (χ3n) is 3.05. The highest BCUT2D eigenvalue weighted by Gasteiger charge is 2.24. The van der Waals surface area contributed by atoms with Crippen LogP contribution in [0.15, 0.2) is 36.4 Å². The molecule has 0 fully saturated rings. The second-order valence-corrected chi connectivity index (χ2v) is 4.27. The molecule has 88 valence electrons. The van der Waals surface area contributed by atoms with Crippen molar-refractivity contribution in [2.24, 2.45) is 5.92 Å². The fraction of sp³-hybridized carbons (Fsp3) is 0.286. The number of allylic oxidation sites excluding steroid dienone is 2. The molecular weight excluding hydrogens is 216 g/mol. The first-order valence-electron chi connectivity index (χ1n) is 5.68. The van der Waals surface area contributed by atoms with Gasteiger partial charge in [-0.3, -0.25) is 9.59 Å². The third kappa shape index (κ3) is 2.81. The van der Waals surface area contributed by atoms with E-state index in [1.54, 1.807) is 6.08 Å². The summed E-state index contributed by atoms with van der Waals surface area (Å²) >= 11 is 0. The van der Waals surface area contributed by atoms with Gasteiger partial charge in [0.1, 0.15) is 0 Å². The lowest BCUT2D eigenvalue weighted by atomic mass is 9.84. The predicted molar refractivity (Wildman–Crippen MR) is 64.4 cm³/mol. The Kier molecular flexibility index (Phi) is 3.38. The van der Waals surface area contributed by atoms with E-state index in [0.717, 1.165) is 17.6 Å². The number of aliphatic carboxylic acids is 1. The van der Waals surface area contributed by atoms with E-state index in [0.29, 0.717) is 6.42 Å². The lowest BCUT2D eigenvalue weighted by molar-refractivity contribution is -0.140. The summed E-state index contributed by atoms with van der Waals surface area (Å²) in [5, 5.41) is 8.69. The summed E-state index contributed by atoms with van der Waals surface area (Å²) in [6.07, 6.45) is 2.95. The van der Waals surface area contributed by atoms with Gasteiger partial charge in [-0.15, -0.1) is 0 Å². The Morgan fingerprint density at radius 2 is 2.00 bits per heavy atom. The SMILES string of the molecule is O=C(O)C[C@@H]1CCC(c2ccccc2)=CC1=O. The van der Waals surface area contributed by atoms with E-state index >= 15 is 0 Å². The number of carboxylic acids is 1. The molecule has 3 heteroatoms. The third-order valence-corrected chi connectivity index (χ3v) is 3.05. The molecule has 0 spiro atoms. The highest BCUT2D eigenvalue weighted by atomic mass is 16.4. The van der Waals surface area contributed by atoms with E-state index in [9.17, 15) is 9.59 Å². The van der Waals surface area contributed by atoms with E-state index in [2.05, 4.69) is 0 Å². The molecular formula is C14H14O3. The number of hydrogen-bond donors (Lipinski definition) is 1. The van der Waals surface area contributed by atoms with Crippen LogP contribution in [-0.4, -0.2) is 16.9 Å². The summed E-state index contributed by atoms with van der Waals surface area (Å²) in [5.74, 6) is -1.31. The molecule has 3 nitrogen and oxygen atoms in total. The zero-order valence-corrected chi connectivity index (χ0v) is 9.43. The highest BCUT2D eigenvalue weighted by Crippen LogP contribution is 2.29. The first kappa shape index (κ1) is 11.6. The molecule has 1 aromatic carbocycles. The normalized spacial score (nSPS) is 19.9. The largest absolute Gasteiger partial charge is 0.481 e. The predicted octanol–water partition coefficient (Wildman–Crippen LogP) is 2.52. The maximum atomic E-state index is 11.8. The van der Waals surface area contributed by atoms with E-state index < -0.39 is 5.97 Å². The summed E-state index contributed by atoms with van der Waals surface area (Å²) in [6, 6.07) is 9.74. The highest BCUT2D eigenvalue weighted by molar-refractivity contribution is 6.01. The van der Waals surface area contributed by atoms with E-state index in [1.165, 1.54) is 0 Å². The van der Waals surface area contributed by atoms with E-state index in [1.807, 2.05) is 30.3 Å². The minimum atomic E-state index is -0.903. The van der Waals surface area contributed by atoms with Gasteiger partial charge >= 0.3 is 5.97 Å². The van der Waals surface area contributed by atoms with Crippen molar-refractivity contribution in [3.05, 3.63) is 42.0 Å². The first-order chi connectivity index (χ1) is 8.16. The van der Waals surface area contributed by atoms with Gasteiger partial charge in [-0.1, -0.05) is 30.3 Å². The number of benzene rings is 1. The molecule has 1 aliphatic carbocycles. The molecule has 1 aromatic rings. The minimum Gasteiger partial charge on any atom is -0.481 e. The van der Waals surface area contributed by atoms with Gasteiger partial charge in [0.05, 0.1) is 6.42 Å². The summed E-state index contributed by atoms with van der Waals surface area (Å²) < 4.78 is 0. The number of hydrogen-bond acceptors (Lipinski definition) is 2. The Morgan fingerprint density at radius 3 is 2.59 bits per heavy atom. The summed E-state index contributed by atoms with van der Waals surface area (Å²) in [4.78, 5) is 22.4. The van der Waals surface area contributed by atoms with Crippen molar-refractivity contribution in [1.29, 1.82) is 0 Å². The Labute approximate surface area is 99.8 Å². The van der Waals surface area contributed by atoms with Gasteiger partial charge in [0.2, 0.25) is 0 Å². The molecule has 0 heterocycles. The van der Waals surface area contributed by atoms with Crippen LogP contribution >= 0.6 is 0 Å². The van der Waals surface area contributed by atoms with Crippen LogP contribution in [0.4, 0.5) is 0 Å². The smallest absolute Gasteiger partial charge is 0.304 e. The molecule has 0 unspecified atom stereocenters. The van der Waals surface area contributed by atoms with Crippen LogP contribution in [-0.2, 0) is 9.59 Å². The van der Waals surface area contributed by atoms with Crippen LogP contribution in [0.5, 0.6) is 0 Å².